The quantitative estimate of drug-likeness (QED) is 0.777. The van der Waals surface area contributed by atoms with Gasteiger partial charge in [0.25, 0.3) is 10.0 Å². The first-order valence-electron chi connectivity index (χ1n) is 6.19. The zero-order chi connectivity index (χ0) is 15.0. The number of nitrogens with one attached hydrogen (secondary N) is 2. The number of nitrogens with zero attached hydrogens (tertiary/aromatic N) is 1. The molecule has 1 aromatic heterocycles. The Morgan fingerprint density at radius 1 is 1.19 bits per heavy atom. The third kappa shape index (κ3) is 2.72. The SMILES string of the molecule is Cc1cc(Cl)ccc1S(=O)(=O)Nc1nc2ccccc2[nH]1. The monoisotopic (exact) mass is 321 g/mol. The Morgan fingerprint density at radius 2 is 1.95 bits per heavy atom. The zero-order valence-electron chi connectivity index (χ0n) is 11.1. The van der Waals surface area contributed by atoms with Crippen LogP contribution in [0.3, 0.4) is 0 Å². The maximum Gasteiger partial charge on any atom is 0.264 e. The van der Waals surface area contributed by atoms with Crippen LogP contribution in [0.1, 0.15) is 5.56 Å². The van der Waals surface area contributed by atoms with Crippen molar-refractivity contribution in [2.45, 2.75) is 11.8 Å². The Bertz CT molecular complexity index is 886. The maximum absolute atomic E-state index is 12.4. The van der Waals surface area contributed by atoms with Crippen molar-refractivity contribution in [3.8, 4) is 0 Å². The molecule has 21 heavy (non-hydrogen) atoms. The minimum atomic E-state index is -3.71. The molecule has 2 N–H and O–H groups in total. The van der Waals surface area contributed by atoms with E-state index in [1.807, 2.05) is 18.2 Å². The average molecular weight is 322 g/mol. The summed E-state index contributed by atoms with van der Waals surface area (Å²) in [6, 6.07) is 11.9. The van der Waals surface area contributed by atoms with E-state index in [9.17, 15) is 8.42 Å². The molecule has 0 saturated heterocycles. The van der Waals surface area contributed by atoms with Gasteiger partial charge < -0.3 is 4.98 Å². The second kappa shape index (κ2) is 5.05. The Hall–Kier alpha value is -2.05. The summed E-state index contributed by atoms with van der Waals surface area (Å²) < 4.78 is 27.2. The van der Waals surface area contributed by atoms with Crippen molar-refractivity contribution in [2.75, 3.05) is 4.72 Å². The first-order chi connectivity index (χ1) is 9.95. The molecule has 0 fully saturated rings. The smallest absolute Gasteiger partial charge is 0.264 e. The van der Waals surface area contributed by atoms with E-state index in [4.69, 9.17) is 11.6 Å². The van der Waals surface area contributed by atoms with Gasteiger partial charge in [-0.15, -0.1) is 0 Å². The lowest BCUT2D eigenvalue weighted by atomic mass is 10.2. The van der Waals surface area contributed by atoms with Gasteiger partial charge in [-0.2, -0.15) is 0 Å². The largest absolute Gasteiger partial charge is 0.323 e. The second-order valence-corrected chi connectivity index (χ2v) is 6.71. The highest BCUT2D eigenvalue weighted by molar-refractivity contribution is 7.92. The summed E-state index contributed by atoms with van der Waals surface area (Å²) in [5, 5.41) is 0.496. The number of hydrogen-bond acceptors (Lipinski definition) is 3. The van der Waals surface area contributed by atoms with Crippen LogP contribution < -0.4 is 4.72 Å². The molecule has 2 aromatic carbocycles. The number of benzene rings is 2. The van der Waals surface area contributed by atoms with Crippen molar-refractivity contribution in [1.82, 2.24) is 9.97 Å². The van der Waals surface area contributed by atoms with Crippen LogP contribution in [0.5, 0.6) is 0 Å². The normalized spacial score (nSPS) is 11.7. The van der Waals surface area contributed by atoms with Crippen LogP contribution in [0.25, 0.3) is 11.0 Å². The number of fused-ring (bicyclic) bond motifs is 1. The molecule has 0 aliphatic heterocycles. The molecule has 3 rings (SSSR count). The molecule has 0 amide bonds. The molecular weight excluding hydrogens is 310 g/mol. The molecule has 0 spiro atoms. The third-order valence-corrected chi connectivity index (χ3v) is 4.78. The van der Waals surface area contributed by atoms with E-state index in [1.165, 1.54) is 6.07 Å². The fraction of sp³-hybridized carbons (Fsp3) is 0.0714. The summed E-state index contributed by atoms with van der Waals surface area (Å²) in [7, 11) is -3.71. The van der Waals surface area contributed by atoms with Gasteiger partial charge in [0.15, 0.2) is 0 Å². The van der Waals surface area contributed by atoms with Crippen molar-refractivity contribution in [1.29, 1.82) is 0 Å². The number of aryl methyl sites for hydroxylation is 1. The van der Waals surface area contributed by atoms with Crippen LogP contribution in [0.4, 0.5) is 5.95 Å². The fourth-order valence-corrected chi connectivity index (χ4v) is 3.52. The van der Waals surface area contributed by atoms with Crippen molar-refractivity contribution in [2.24, 2.45) is 0 Å². The van der Waals surface area contributed by atoms with E-state index < -0.39 is 10.0 Å². The third-order valence-electron chi connectivity index (χ3n) is 3.05. The molecule has 0 aliphatic rings. The van der Waals surface area contributed by atoms with Gasteiger partial charge in [0, 0.05) is 5.02 Å². The lowest BCUT2D eigenvalue weighted by Gasteiger charge is -2.08. The van der Waals surface area contributed by atoms with Gasteiger partial charge in [0.05, 0.1) is 15.9 Å². The fourth-order valence-electron chi connectivity index (χ4n) is 2.10. The molecule has 5 nitrogen and oxygen atoms in total. The summed E-state index contributed by atoms with van der Waals surface area (Å²) in [5.74, 6) is 0.186. The predicted octanol–water partition coefficient (Wildman–Crippen LogP) is 3.33. The van der Waals surface area contributed by atoms with E-state index >= 15 is 0 Å². The van der Waals surface area contributed by atoms with Gasteiger partial charge in [-0.05, 0) is 42.8 Å². The van der Waals surface area contributed by atoms with Gasteiger partial charge in [0.1, 0.15) is 0 Å². The Balaban J connectivity index is 1.99. The average Bonchev–Trinajstić information content (AvgIpc) is 2.79. The number of aromatic nitrogens is 2. The number of H-pyrrole nitrogens is 1. The lowest BCUT2D eigenvalue weighted by Crippen LogP contribution is -2.15. The van der Waals surface area contributed by atoms with E-state index in [0.29, 0.717) is 16.1 Å². The molecule has 0 aliphatic carbocycles. The number of imidazole rings is 1. The van der Waals surface area contributed by atoms with Crippen LogP contribution in [0.2, 0.25) is 5.02 Å². The second-order valence-electron chi connectivity index (χ2n) is 4.62. The van der Waals surface area contributed by atoms with Crippen molar-refractivity contribution in [3.05, 3.63) is 53.1 Å². The summed E-state index contributed by atoms with van der Waals surface area (Å²) >= 11 is 5.85. The number of aromatic amines is 1. The maximum atomic E-state index is 12.4. The minimum Gasteiger partial charge on any atom is -0.323 e. The zero-order valence-corrected chi connectivity index (χ0v) is 12.7. The highest BCUT2D eigenvalue weighted by Gasteiger charge is 2.18. The number of rotatable bonds is 3. The highest BCUT2D eigenvalue weighted by atomic mass is 35.5. The molecule has 108 valence electrons. The van der Waals surface area contributed by atoms with Gasteiger partial charge in [0.2, 0.25) is 5.95 Å². The van der Waals surface area contributed by atoms with Gasteiger partial charge in [-0.25, -0.2) is 18.1 Å². The summed E-state index contributed by atoms with van der Waals surface area (Å²) in [5.41, 5.74) is 2.04. The highest BCUT2D eigenvalue weighted by Crippen LogP contribution is 2.22. The van der Waals surface area contributed by atoms with Gasteiger partial charge in [-0.3, -0.25) is 0 Å². The van der Waals surface area contributed by atoms with Crippen molar-refractivity contribution < 1.29 is 8.42 Å². The molecule has 0 saturated carbocycles. The number of sulfonamides is 1. The minimum absolute atomic E-state index is 0.173. The van der Waals surface area contributed by atoms with Crippen LogP contribution in [0.15, 0.2) is 47.4 Å². The van der Waals surface area contributed by atoms with Crippen LogP contribution in [-0.4, -0.2) is 18.4 Å². The van der Waals surface area contributed by atoms with E-state index in [2.05, 4.69) is 14.7 Å². The Kier molecular flexibility index (Phi) is 3.35. The van der Waals surface area contributed by atoms with Crippen molar-refractivity contribution in [3.63, 3.8) is 0 Å². The molecule has 1 heterocycles. The van der Waals surface area contributed by atoms with E-state index in [1.54, 1.807) is 25.1 Å². The number of halogens is 1. The molecule has 0 radical (unpaired) electrons. The summed E-state index contributed by atoms with van der Waals surface area (Å²) in [6.07, 6.45) is 0. The van der Waals surface area contributed by atoms with E-state index in [-0.39, 0.29) is 10.8 Å². The molecular formula is C14H12ClN3O2S. The van der Waals surface area contributed by atoms with Crippen LogP contribution in [-0.2, 0) is 10.0 Å². The van der Waals surface area contributed by atoms with Gasteiger partial charge >= 0.3 is 0 Å². The standard InChI is InChI=1S/C14H12ClN3O2S/c1-9-8-10(15)6-7-13(9)21(19,20)18-14-16-11-4-2-3-5-12(11)17-14/h2-8H,1H3,(H2,16,17,18). The topological polar surface area (TPSA) is 74.8 Å². The molecule has 7 heteroatoms. The molecule has 0 unspecified atom stereocenters. The molecule has 3 aromatic rings. The van der Waals surface area contributed by atoms with Gasteiger partial charge in [-0.1, -0.05) is 23.7 Å². The van der Waals surface area contributed by atoms with Crippen LogP contribution in [0, 0.1) is 6.92 Å². The first kappa shape index (κ1) is 13.9. The molecule has 0 bridgehead atoms. The Labute approximate surface area is 127 Å². The number of para-hydroxylation sites is 2. The molecule has 0 atom stereocenters. The van der Waals surface area contributed by atoms with Crippen molar-refractivity contribution >= 4 is 38.6 Å². The first-order valence-corrected chi connectivity index (χ1v) is 8.05. The van der Waals surface area contributed by atoms with Crippen LogP contribution >= 0.6 is 11.6 Å². The van der Waals surface area contributed by atoms with E-state index in [0.717, 1.165) is 5.52 Å². The summed E-state index contributed by atoms with van der Waals surface area (Å²) in [4.78, 5) is 7.30. The lowest BCUT2D eigenvalue weighted by molar-refractivity contribution is 0.600. The number of hydrogen-bond donors (Lipinski definition) is 2. The predicted molar refractivity (Wildman–Crippen MR) is 83.1 cm³/mol. The Morgan fingerprint density at radius 3 is 2.67 bits per heavy atom. The summed E-state index contributed by atoms with van der Waals surface area (Å²) in [6.45, 7) is 1.69. The number of anilines is 1.